The van der Waals surface area contributed by atoms with E-state index < -0.39 is 12.8 Å². The standard InChI is InChI=1S/C16H11F3O2/c17-16(18,19)10-20-13-6-7-14-12(8-13)9-15(21-14)11-4-2-1-3-5-11/h1-9H,10H2. The predicted molar refractivity (Wildman–Crippen MR) is 73.2 cm³/mol. The number of rotatable bonds is 3. The van der Waals surface area contributed by atoms with Crippen molar-refractivity contribution < 1.29 is 22.3 Å². The Kier molecular flexibility index (Phi) is 3.33. The van der Waals surface area contributed by atoms with E-state index in [4.69, 9.17) is 9.15 Å². The lowest BCUT2D eigenvalue weighted by Gasteiger charge is -2.08. The maximum atomic E-state index is 12.1. The van der Waals surface area contributed by atoms with E-state index in [1.165, 1.54) is 12.1 Å². The number of benzene rings is 2. The number of furan rings is 1. The van der Waals surface area contributed by atoms with E-state index in [1.54, 1.807) is 12.1 Å². The van der Waals surface area contributed by atoms with Crippen LogP contribution in [0.2, 0.25) is 0 Å². The summed E-state index contributed by atoms with van der Waals surface area (Å²) in [5, 5.41) is 0.702. The summed E-state index contributed by atoms with van der Waals surface area (Å²) in [6, 6.07) is 15.9. The van der Waals surface area contributed by atoms with Crippen LogP contribution in [0.15, 0.2) is 59.0 Å². The van der Waals surface area contributed by atoms with Gasteiger partial charge in [-0.3, -0.25) is 0 Å². The van der Waals surface area contributed by atoms with Gasteiger partial charge in [0.1, 0.15) is 17.1 Å². The number of fused-ring (bicyclic) bond motifs is 1. The molecule has 0 N–H and O–H groups in total. The molecule has 1 heterocycles. The SMILES string of the molecule is FC(F)(F)COc1ccc2oc(-c3ccccc3)cc2c1. The first-order chi connectivity index (χ1) is 10.0. The van der Waals surface area contributed by atoms with Gasteiger partial charge in [-0.1, -0.05) is 30.3 Å². The molecular weight excluding hydrogens is 281 g/mol. The van der Waals surface area contributed by atoms with Gasteiger partial charge in [-0.25, -0.2) is 0 Å². The van der Waals surface area contributed by atoms with Gasteiger partial charge in [0.2, 0.25) is 0 Å². The van der Waals surface area contributed by atoms with Gasteiger partial charge in [0, 0.05) is 10.9 Å². The fraction of sp³-hybridized carbons (Fsp3) is 0.125. The Morgan fingerprint density at radius 1 is 0.952 bits per heavy atom. The topological polar surface area (TPSA) is 22.4 Å². The molecule has 3 aromatic rings. The second kappa shape index (κ2) is 5.16. The van der Waals surface area contributed by atoms with Crippen LogP contribution in [0.3, 0.4) is 0 Å². The number of halogens is 3. The maximum Gasteiger partial charge on any atom is 0.422 e. The molecule has 0 amide bonds. The smallest absolute Gasteiger partial charge is 0.422 e. The molecule has 108 valence electrons. The normalized spacial score (nSPS) is 11.8. The molecule has 0 aliphatic rings. The van der Waals surface area contributed by atoms with E-state index in [9.17, 15) is 13.2 Å². The molecule has 0 radical (unpaired) electrons. The zero-order chi connectivity index (χ0) is 14.9. The highest BCUT2D eigenvalue weighted by Crippen LogP contribution is 2.30. The number of ether oxygens (including phenoxy) is 1. The molecule has 0 aliphatic heterocycles. The second-order valence-corrected chi connectivity index (χ2v) is 4.58. The molecule has 2 nitrogen and oxygen atoms in total. The summed E-state index contributed by atoms with van der Waals surface area (Å²) >= 11 is 0. The third kappa shape index (κ3) is 3.18. The van der Waals surface area contributed by atoms with Crippen molar-refractivity contribution in [3.8, 4) is 17.1 Å². The lowest BCUT2D eigenvalue weighted by Crippen LogP contribution is -2.19. The molecule has 0 unspecified atom stereocenters. The molecule has 0 aliphatic carbocycles. The quantitative estimate of drug-likeness (QED) is 0.674. The van der Waals surface area contributed by atoms with Gasteiger partial charge in [-0.2, -0.15) is 13.2 Å². The summed E-state index contributed by atoms with van der Waals surface area (Å²) in [5.74, 6) is 0.832. The van der Waals surface area contributed by atoms with Crippen molar-refractivity contribution >= 4 is 11.0 Å². The van der Waals surface area contributed by atoms with E-state index in [0.29, 0.717) is 16.7 Å². The molecule has 0 saturated carbocycles. The van der Waals surface area contributed by atoms with Gasteiger partial charge in [0.05, 0.1) is 0 Å². The van der Waals surface area contributed by atoms with E-state index in [1.807, 2.05) is 30.3 Å². The summed E-state index contributed by atoms with van der Waals surface area (Å²) in [6.45, 7) is -1.30. The second-order valence-electron chi connectivity index (χ2n) is 4.58. The lowest BCUT2D eigenvalue weighted by molar-refractivity contribution is -0.153. The van der Waals surface area contributed by atoms with Crippen molar-refractivity contribution in [2.24, 2.45) is 0 Å². The molecule has 2 aromatic carbocycles. The summed E-state index contributed by atoms with van der Waals surface area (Å²) in [7, 11) is 0. The number of hydrogen-bond donors (Lipinski definition) is 0. The Bertz CT molecular complexity index is 745. The van der Waals surface area contributed by atoms with E-state index in [0.717, 1.165) is 5.56 Å². The van der Waals surface area contributed by atoms with Crippen molar-refractivity contribution in [2.45, 2.75) is 6.18 Å². The highest BCUT2D eigenvalue weighted by molar-refractivity contribution is 5.84. The van der Waals surface area contributed by atoms with Crippen LogP contribution in [-0.4, -0.2) is 12.8 Å². The first kappa shape index (κ1) is 13.5. The van der Waals surface area contributed by atoms with Crippen molar-refractivity contribution in [3.05, 3.63) is 54.6 Å². The van der Waals surface area contributed by atoms with E-state index >= 15 is 0 Å². The van der Waals surface area contributed by atoms with Crippen LogP contribution < -0.4 is 4.74 Å². The van der Waals surface area contributed by atoms with Crippen LogP contribution in [0.25, 0.3) is 22.3 Å². The molecule has 0 atom stereocenters. The van der Waals surface area contributed by atoms with Gasteiger partial charge in [0.25, 0.3) is 0 Å². The zero-order valence-corrected chi connectivity index (χ0v) is 10.9. The van der Waals surface area contributed by atoms with Crippen LogP contribution in [0.4, 0.5) is 13.2 Å². The Morgan fingerprint density at radius 3 is 2.43 bits per heavy atom. The maximum absolute atomic E-state index is 12.1. The molecule has 21 heavy (non-hydrogen) atoms. The average Bonchev–Trinajstić information content (AvgIpc) is 2.88. The minimum atomic E-state index is -4.35. The minimum Gasteiger partial charge on any atom is -0.484 e. The molecule has 0 fully saturated rings. The largest absolute Gasteiger partial charge is 0.484 e. The Hall–Kier alpha value is -2.43. The molecular formula is C16H11F3O2. The van der Waals surface area contributed by atoms with E-state index in [-0.39, 0.29) is 5.75 Å². The third-order valence-corrected chi connectivity index (χ3v) is 2.95. The van der Waals surface area contributed by atoms with Crippen LogP contribution in [0.1, 0.15) is 0 Å². The highest BCUT2D eigenvalue weighted by atomic mass is 19.4. The van der Waals surface area contributed by atoms with Crippen LogP contribution >= 0.6 is 0 Å². The summed E-state index contributed by atoms with van der Waals surface area (Å²) in [6.07, 6.45) is -4.35. The Morgan fingerprint density at radius 2 is 1.71 bits per heavy atom. The minimum absolute atomic E-state index is 0.167. The molecule has 5 heteroatoms. The number of alkyl halides is 3. The first-order valence-corrected chi connectivity index (χ1v) is 6.30. The predicted octanol–water partition coefficient (Wildman–Crippen LogP) is 5.04. The third-order valence-electron chi connectivity index (χ3n) is 2.95. The van der Waals surface area contributed by atoms with Gasteiger partial charge in [0.15, 0.2) is 6.61 Å². The van der Waals surface area contributed by atoms with Gasteiger partial charge >= 0.3 is 6.18 Å². The van der Waals surface area contributed by atoms with Gasteiger partial charge in [-0.05, 0) is 24.3 Å². The number of hydrogen-bond acceptors (Lipinski definition) is 2. The van der Waals surface area contributed by atoms with Crippen molar-refractivity contribution in [2.75, 3.05) is 6.61 Å². The zero-order valence-electron chi connectivity index (χ0n) is 10.9. The van der Waals surface area contributed by atoms with Crippen LogP contribution in [0.5, 0.6) is 5.75 Å². The highest BCUT2D eigenvalue weighted by Gasteiger charge is 2.28. The monoisotopic (exact) mass is 292 g/mol. The van der Waals surface area contributed by atoms with Crippen molar-refractivity contribution in [1.29, 1.82) is 0 Å². The summed E-state index contributed by atoms with van der Waals surface area (Å²) in [5.41, 5.74) is 1.51. The van der Waals surface area contributed by atoms with Gasteiger partial charge < -0.3 is 9.15 Å². The summed E-state index contributed by atoms with van der Waals surface area (Å²) < 4.78 is 46.8. The lowest BCUT2D eigenvalue weighted by atomic mass is 10.1. The van der Waals surface area contributed by atoms with Crippen molar-refractivity contribution in [1.82, 2.24) is 0 Å². The average molecular weight is 292 g/mol. The molecule has 3 rings (SSSR count). The van der Waals surface area contributed by atoms with Crippen molar-refractivity contribution in [3.63, 3.8) is 0 Å². The molecule has 0 spiro atoms. The molecule has 1 aromatic heterocycles. The summed E-state index contributed by atoms with van der Waals surface area (Å²) in [4.78, 5) is 0. The van der Waals surface area contributed by atoms with Gasteiger partial charge in [-0.15, -0.1) is 0 Å². The Labute approximate surface area is 118 Å². The molecule has 0 bridgehead atoms. The van der Waals surface area contributed by atoms with Crippen LogP contribution in [0, 0.1) is 0 Å². The first-order valence-electron chi connectivity index (χ1n) is 6.30. The Balaban J connectivity index is 1.89. The fourth-order valence-corrected chi connectivity index (χ4v) is 2.02. The van der Waals surface area contributed by atoms with E-state index in [2.05, 4.69) is 0 Å². The van der Waals surface area contributed by atoms with Crippen LogP contribution in [-0.2, 0) is 0 Å². The molecule has 0 saturated heterocycles. The fourth-order valence-electron chi connectivity index (χ4n) is 2.02.